The third-order valence-corrected chi connectivity index (χ3v) is 3.99. The predicted octanol–water partition coefficient (Wildman–Crippen LogP) is -0.957. The van der Waals surface area contributed by atoms with Crippen LogP contribution in [0.1, 0.15) is 5.69 Å². The molecule has 2 rings (SSSR count). The summed E-state index contributed by atoms with van der Waals surface area (Å²) in [6, 6.07) is 1.84. The maximum Gasteiger partial charge on any atom is 0.237 e. The molecule has 1 saturated heterocycles. The summed E-state index contributed by atoms with van der Waals surface area (Å²) in [5.41, 5.74) is 0.896. The van der Waals surface area contributed by atoms with Gasteiger partial charge >= 0.3 is 0 Å². The highest BCUT2D eigenvalue weighted by atomic mass is 32.2. The van der Waals surface area contributed by atoms with Gasteiger partial charge in [0.15, 0.2) is 0 Å². The summed E-state index contributed by atoms with van der Waals surface area (Å²) in [5.74, 6) is -0.122. The van der Waals surface area contributed by atoms with E-state index < -0.39 is 10.0 Å². The lowest BCUT2D eigenvalue weighted by molar-refractivity contribution is -0.130. The van der Waals surface area contributed by atoms with Gasteiger partial charge in [-0.3, -0.25) is 4.79 Å². The maximum absolute atomic E-state index is 12.1. The third kappa shape index (κ3) is 5.66. The number of hydrogen-bond donors (Lipinski definition) is 1. The van der Waals surface area contributed by atoms with E-state index in [0.717, 1.165) is 11.9 Å². The van der Waals surface area contributed by atoms with E-state index >= 15 is 0 Å². The summed E-state index contributed by atoms with van der Waals surface area (Å²) in [4.78, 5) is 21.8. The summed E-state index contributed by atoms with van der Waals surface area (Å²) in [6.45, 7) is 1.76. The second-order valence-corrected chi connectivity index (χ2v) is 7.11. The monoisotopic (exact) mass is 328 g/mol. The van der Waals surface area contributed by atoms with E-state index in [4.69, 9.17) is 4.74 Å². The van der Waals surface area contributed by atoms with Crippen LogP contribution >= 0.6 is 0 Å². The smallest absolute Gasteiger partial charge is 0.237 e. The van der Waals surface area contributed by atoms with Crippen LogP contribution in [0.2, 0.25) is 0 Å². The zero-order valence-electron chi connectivity index (χ0n) is 12.4. The van der Waals surface area contributed by atoms with Gasteiger partial charge in [0.1, 0.15) is 6.33 Å². The van der Waals surface area contributed by atoms with Crippen LogP contribution in [0.25, 0.3) is 0 Å². The molecule has 2 heterocycles. The molecule has 9 heteroatoms. The minimum atomic E-state index is -3.37. The fraction of sp³-hybridized carbons (Fsp3) is 0.615. The van der Waals surface area contributed by atoms with Crippen molar-refractivity contribution in [2.75, 3.05) is 39.1 Å². The number of rotatable bonds is 5. The lowest BCUT2D eigenvalue weighted by Gasteiger charge is -2.23. The average molecular weight is 328 g/mol. The molecule has 0 aromatic carbocycles. The average Bonchev–Trinajstić information content (AvgIpc) is 2.71. The van der Waals surface area contributed by atoms with Crippen molar-refractivity contribution in [3.63, 3.8) is 0 Å². The van der Waals surface area contributed by atoms with Gasteiger partial charge in [0.2, 0.25) is 15.9 Å². The number of ether oxygens (including phenoxy) is 1. The Labute approximate surface area is 129 Å². The van der Waals surface area contributed by atoms with E-state index in [1.165, 1.54) is 6.33 Å². The Morgan fingerprint density at radius 3 is 3.05 bits per heavy atom. The van der Waals surface area contributed by atoms with Crippen molar-refractivity contribution in [1.82, 2.24) is 19.6 Å². The van der Waals surface area contributed by atoms with Crippen LogP contribution in [0.3, 0.4) is 0 Å². The number of hydrogen-bond acceptors (Lipinski definition) is 6. The molecule has 22 heavy (non-hydrogen) atoms. The Morgan fingerprint density at radius 1 is 1.55 bits per heavy atom. The third-order valence-electron chi connectivity index (χ3n) is 3.32. The fourth-order valence-corrected chi connectivity index (χ4v) is 2.66. The topological polar surface area (TPSA) is 101 Å². The van der Waals surface area contributed by atoms with Gasteiger partial charge in [-0.1, -0.05) is 0 Å². The highest BCUT2D eigenvalue weighted by molar-refractivity contribution is 7.88. The van der Waals surface area contributed by atoms with Crippen LogP contribution in [-0.2, 0) is 26.0 Å². The molecule has 1 N–H and O–H groups in total. The van der Waals surface area contributed by atoms with Gasteiger partial charge in [0.05, 0.1) is 26.0 Å². The Kier molecular flexibility index (Phi) is 5.81. The lowest BCUT2D eigenvalue weighted by atomic mass is 10.0. The van der Waals surface area contributed by atoms with Crippen molar-refractivity contribution in [3.8, 4) is 0 Å². The molecule has 1 atom stereocenters. The van der Waals surface area contributed by atoms with Crippen molar-refractivity contribution >= 4 is 15.9 Å². The molecule has 1 amide bonds. The molecule has 0 unspecified atom stereocenters. The first-order chi connectivity index (χ1) is 10.4. The number of carbonyl (C=O) groups excluding carboxylic acids is 1. The predicted molar refractivity (Wildman–Crippen MR) is 79.5 cm³/mol. The molecule has 0 aliphatic carbocycles. The summed E-state index contributed by atoms with van der Waals surface area (Å²) in [6.07, 6.45) is 4.89. The van der Waals surface area contributed by atoms with Gasteiger partial charge < -0.3 is 9.64 Å². The van der Waals surface area contributed by atoms with Gasteiger partial charge in [0, 0.05) is 30.9 Å². The van der Waals surface area contributed by atoms with E-state index in [1.807, 2.05) is 6.07 Å². The highest BCUT2D eigenvalue weighted by Gasteiger charge is 2.23. The van der Waals surface area contributed by atoms with Crippen molar-refractivity contribution in [3.05, 3.63) is 24.3 Å². The minimum absolute atomic E-state index is 0.125. The molecular weight excluding hydrogens is 308 g/mol. The second kappa shape index (κ2) is 7.61. The van der Waals surface area contributed by atoms with E-state index in [9.17, 15) is 13.2 Å². The zero-order valence-corrected chi connectivity index (χ0v) is 13.3. The summed E-state index contributed by atoms with van der Waals surface area (Å²) in [5, 5.41) is 0. The summed E-state index contributed by atoms with van der Waals surface area (Å²) in [7, 11) is -3.37. The molecule has 0 spiro atoms. The van der Waals surface area contributed by atoms with Crippen molar-refractivity contribution in [1.29, 1.82) is 0 Å². The maximum atomic E-state index is 12.1. The van der Waals surface area contributed by atoms with Crippen LogP contribution in [-0.4, -0.2) is 68.3 Å². The normalized spacial score (nSPS) is 19.7. The zero-order chi connectivity index (χ0) is 16.0. The molecule has 1 aliphatic rings. The molecule has 1 aliphatic heterocycles. The first-order valence-corrected chi connectivity index (χ1v) is 8.88. The molecule has 0 radical (unpaired) electrons. The van der Waals surface area contributed by atoms with Crippen LogP contribution in [0.15, 0.2) is 18.6 Å². The van der Waals surface area contributed by atoms with Crippen LogP contribution in [0, 0.1) is 5.92 Å². The van der Waals surface area contributed by atoms with Crippen LogP contribution < -0.4 is 4.72 Å². The Morgan fingerprint density at radius 2 is 2.36 bits per heavy atom. The standard InChI is InChI=1S/C13H20N4O4S/c1-22(19,20)16-7-13(18)17-4-5-21-9-11(8-17)6-12-2-3-14-10-15-12/h2-3,10-11,16H,4-9H2,1H3/t11-/m0/s1. The highest BCUT2D eigenvalue weighted by Crippen LogP contribution is 2.12. The van der Waals surface area contributed by atoms with E-state index in [-0.39, 0.29) is 18.4 Å². The minimum Gasteiger partial charge on any atom is -0.379 e. The Balaban J connectivity index is 1.93. The number of nitrogens with zero attached hydrogens (tertiary/aromatic N) is 3. The van der Waals surface area contributed by atoms with Gasteiger partial charge in [-0.15, -0.1) is 0 Å². The first-order valence-electron chi connectivity index (χ1n) is 6.99. The van der Waals surface area contributed by atoms with Gasteiger partial charge in [-0.25, -0.2) is 23.1 Å². The Hall–Kier alpha value is -1.58. The van der Waals surface area contributed by atoms with Gasteiger partial charge in [0.25, 0.3) is 0 Å². The fourth-order valence-electron chi connectivity index (χ4n) is 2.27. The molecule has 0 bridgehead atoms. The molecular formula is C13H20N4O4S. The van der Waals surface area contributed by atoms with Crippen LogP contribution in [0.4, 0.5) is 0 Å². The summed E-state index contributed by atoms with van der Waals surface area (Å²) < 4.78 is 29.9. The largest absolute Gasteiger partial charge is 0.379 e. The molecule has 1 aromatic heterocycles. The molecule has 0 saturated carbocycles. The van der Waals surface area contributed by atoms with Crippen molar-refractivity contribution < 1.29 is 17.9 Å². The van der Waals surface area contributed by atoms with Crippen molar-refractivity contribution in [2.45, 2.75) is 6.42 Å². The van der Waals surface area contributed by atoms with E-state index in [2.05, 4.69) is 14.7 Å². The number of carbonyl (C=O) groups is 1. The number of aromatic nitrogens is 2. The molecule has 1 fully saturated rings. The molecule has 122 valence electrons. The SMILES string of the molecule is CS(=O)(=O)NCC(=O)N1CCOC[C@@H](Cc2ccncn2)C1. The summed E-state index contributed by atoms with van der Waals surface area (Å²) >= 11 is 0. The van der Waals surface area contributed by atoms with Gasteiger partial charge in [-0.2, -0.15) is 0 Å². The van der Waals surface area contributed by atoms with Gasteiger partial charge in [-0.05, 0) is 12.5 Å². The lowest BCUT2D eigenvalue weighted by Crippen LogP contribution is -2.42. The first kappa shape index (κ1) is 16.8. The molecule has 8 nitrogen and oxygen atoms in total. The van der Waals surface area contributed by atoms with E-state index in [1.54, 1.807) is 11.1 Å². The number of sulfonamides is 1. The molecule has 1 aromatic rings. The quantitative estimate of drug-likeness (QED) is 0.747. The second-order valence-electron chi connectivity index (χ2n) is 5.28. The number of nitrogens with one attached hydrogen (secondary N) is 1. The number of amides is 1. The Bertz CT molecular complexity index is 593. The van der Waals surface area contributed by atoms with Crippen LogP contribution in [0.5, 0.6) is 0 Å². The van der Waals surface area contributed by atoms with E-state index in [0.29, 0.717) is 32.7 Å². The van der Waals surface area contributed by atoms with Crippen molar-refractivity contribution in [2.24, 2.45) is 5.92 Å².